The maximum atomic E-state index is 11.6. The van der Waals surface area contributed by atoms with E-state index in [1.807, 2.05) is 0 Å². The number of rotatable bonds is 7. The smallest absolute Gasteiger partial charge is 0.248 e. The summed E-state index contributed by atoms with van der Waals surface area (Å²) in [5.74, 6) is -0.639. The fraction of sp³-hybridized carbons (Fsp3) is 0.385. The summed E-state index contributed by atoms with van der Waals surface area (Å²) in [4.78, 5) is 22.5. The number of primary amides is 1. The van der Waals surface area contributed by atoms with E-state index in [0.717, 1.165) is 19.4 Å². The summed E-state index contributed by atoms with van der Waals surface area (Å²) in [5.41, 5.74) is 6.12. The van der Waals surface area contributed by atoms with E-state index >= 15 is 0 Å². The van der Waals surface area contributed by atoms with E-state index in [1.165, 1.54) is 0 Å². The van der Waals surface area contributed by atoms with Crippen LogP contribution >= 0.6 is 0 Å². The van der Waals surface area contributed by atoms with Gasteiger partial charge in [-0.1, -0.05) is 19.4 Å². The Morgan fingerprint density at radius 2 is 2.11 bits per heavy atom. The molecule has 0 atom stereocenters. The van der Waals surface area contributed by atoms with Gasteiger partial charge in [0.05, 0.1) is 6.54 Å². The van der Waals surface area contributed by atoms with Gasteiger partial charge in [0.15, 0.2) is 0 Å². The summed E-state index contributed by atoms with van der Waals surface area (Å²) in [6.07, 6.45) is 2.14. The maximum Gasteiger partial charge on any atom is 0.248 e. The summed E-state index contributed by atoms with van der Waals surface area (Å²) < 4.78 is 0. The Morgan fingerprint density at radius 3 is 2.78 bits per heavy atom. The number of carbonyl (C=O) groups excluding carboxylic acids is 2. The standard InChI is InChI=1S/C13H19N3O2/c1-2-3-7-15-9-12(17)16-11-6-4-5-10(8-11)13(14)18/h4-6,8,15H,2-3,7,9H2,1H3,(H2,14,18)(H,16,17). The maximum absolute atomic E-state index is 11.6. The Kier molecular flexibility index (Phi) is 5.87. The van der Waals surface area contributed by atoms with Gasteiger partial charge in [-0.3, -0.25) is 9.59 Å². The molecule has 1 aromatic rings. The first kappa shape index (κ1) is 14.2. The SMILES string of the molecule is CCCCNCC(=O)Nc1cccc(C(N)=O)c1. The summed E-state index contributed by atoms with van der Waals surface area (Å²) in [5, 5.41) is 5.74. The van der Waals surface area contributed by atoms with E-state index in [-0.39, 0.29) is 12.5 Å². The molecule has 0 spiro atoms. The molecule has 0 unspecified atom stereocenters. The van der Waals surface area contributed by atoms with Gasteiger partial charge in [-0.05, 0) is 31.2 Å². The van der Waals surface area contributed by atoms with E-state index in [9.17, 15) is 9.59 Å². The highest BCUT2D eigenvalue weighted by atomic mass is 16.2. The summed E-state index contributed by atoms with van der Waals surface area (Å²) in [6.45, 7) is 3.18. The van der Waals surface area contributed by atoms with Crippen LogP contribution in [-0.4, -0.2) is 24.9 Å². The molecule has 0 aromatic heterocycles. The van der Waals surface area contributed by atoms with Crippen molar-refractivity contribution < 1.29 is 9.59 Å². The zero-order chi connectivity index (χ0) is 13.4. The normalized spacial score (nSPS) is 10.1. The molecule has 0 fully saturated rings. The minimum atomic E-state index is -0.507. The fourth-order valence-corrected chi connectivity index (χ4v) is 1.46. The molecule has 0 bridgehead atoms. The number of benzene rings is 1. The van der Waals surface area contributed by atoms with Gasteiger partial charge in [-0.15, -0.1) is 0 Å². The van der Waals surface area contributed by atoms with Crippen molar-refractivity contribution in [2.75, 3.05) is 18.4 Å². The monoisotopic (exact) mass is 249 g/mol. The Hall–Kier alpha value is -1.88. The van der Waals surface area contributed by atoms with Gasteiger partial charge < -0.3 is 16.4 Å². The average Bonchev–Trinajstić information content (AvgIpc) is 2.35. The third kappa shape index (κ3) is 4.97. The van der Waals surface area contributed by atoms with Crippen molar-refractivity contribution in [2.45, 2.75) is 19.8 Å². The van der Waals surface area contributed by atoms with Crippen molar-refractivity contribution in [3.63, 3.8) is 0 Å². The van der Waals surface area contributed by atoms with Crippen LogP contribution in [0.3, 0.4) is 0 Å². The fourth-order valence-electron chi connectivity index (χ4n) is 1.46. The lowest BCUT2D eigenvalue weighted by molar-refractivity contribution is -0.115. The van der Waals surface area contributed by atoms with Crippen LogP contribution in [0.1, 0.15) is 30.1 Å². The molecule has 0 aliphatic carbocycles. The number of anilines is 1. The summed E-state index contributed by atoms with van der Waals surface area (Å²) in [7, 11) is 0. The van der Waals surface area contributed by atoms with E-state index in [1.54, 1.807) is 24.3 Å². The number of nitrogens with two attached hydrogens (primary N) is 1. The second kappa shape index (κ2) is 7.45. The molecular formula is C13H19N3O2. The predicted molar refractivity (Wildman–Crippen MR) is 71.4 cm³/mol. The Labute approximate surface area is 107 Å². The van der Waals surface area contributed by atoms with Crippen LogP contribution in [-0.2, 0) is 4.79 Å². The molecule has 0 radical (unpaired) electrons. The molecule has 0 heterocycles. The van der Waals surface area contributed by atoms with Crippen molar-refractivity contribution in [1.29, 1.82) is 0 Å². The van der Waals surface area contributed by atoms with Crippen LogP contribution in [0.4, 0.5) is 5.69 Å². The molecule has 0 aliphatic rings. The molecule has 2 amide bonds. The van der Waals surface area contributed by atoms with Crippen LogP contribution < -0.4 is 16.4 Å². The van der Waals surface area contributed by atoms with Crippen molar-refractivity contribution >= 4 is 17.5 Å². The van der Waals surface area contributed by atoms with Crippen LogP contribution in [0, 0.1) is 0 Å². The van der Waals surface area contributed by atoms with Gasteiger partial charge in [0.25, 0.3) is 0 Å². The number of hydrogen-bond acceptors (Lipinski definition) is 3. The molecular weight excluding hydrogens is 230 g/mol. The van der Waals surface area contributed by atoms with Crippen LogP contribution in [0.25, 0.3) is 0 Å². The zero-order valence-corrected chi connectivity index (χ0v) is 10.5. The van der Waals surface area contributed by atoms with E-state index in [2.05, 4.69) is 17.6 Å². The largest absolute Gasteiger partial charge is 0.366 e. The van der Waals surface area contributed by atoms with Gasteiger partial charge in [-0.2, -0.15) is 0 Å². The van der Waals surface area contributed by atoms with Crippen LogP contribution in [0.2, 0.25) is 0 Å². The Bertz CT molecular complexity index is 418. The van der Waals surface area contributed by atoms with Gasteiger partial charge in [0.1, 0.15) is 0 Å². The lowest BCUT2D eigenvalue weighted by Crippen LogP contribution is -2.28. The number of nitrogens with one attached hydrogen (secondary N) is 2. The highest BCUT2D eigenvalue weighted by Crippen LogP contribution is 2.09. The van der Waals surface area contributed by atoms with Crippen molar-refractivity contribution in [3.8, 4) is 0 Å². The third-order valence-electron chi connectivity index (χ3n) is 2.42. The summed E-state index contributed by atoms with van der Waals surface area (Å²) in [6, 6.07) is 6.57. The summed E-state index contributed by atoms with van der Waals surface area (Å²) >= 11 is 0. The topological polar surface area (TPSA) is 84.2 Å². The zero-order valence-electron chi connectivity index (χ0n) is 10.5. The first-order valence-electron chi connectivity index (χ1n) is 6.04. The number of amides is 2. The van der Waals surface area contributed by atoms with E-state index < -0.39 is 5.91 Å². The van der Waals surface area contributed by atoms with Gasteiger partial charge in [-0.25, -0.2) is 0 Å². The van der Waals surface area contributed by atoms with Crippen LogP contribution in [0.5, 0.6) is 0 Å². The van der Waals surface area contributed by atoms with Gasteiger partial charge in [0.2, 0.25) is 11.8 Å². The van der Waals surface area contributed by atoms with E-state index in [0.29, 0.717) is 11.3 Å². The quantitative estimate of drug-likeness (QED) is 0.633. The molecule has 4 N–H and O–H groups in total. The molecule has 1 rings (SSSR count). The molecule has 98 valence electrons. The molecule has 1 aromatic carbocycles. The van der Waals surface area contributed by atoms with Crippen molar-refractivity contribution in [1.82, 2.24) is 5.32 Å². The highest BCUT2D eigenvalue weighted by molar-refractivity contribution is 5.96. The molecule has 0 aliphatic heterocycles. The number of carbonyl (C=O) groups is 2. The molecule has 5 nitrogen and oxygen atoms in total. The minimum Gasteiger partial charge on any atom is -0.366 e. The van der Waals surface area contributed by atoms with E-state index in [4.69, 9.17) is 5.73 Å². The lowest BCUT2D eigenvalue weighted by Gasteiger charge is -2.07. The predicted octanol–water partition coefficient (Wildman–Crippen LogP) is 1.11. The van der Waals surface area contributed by atoms with Gasteiger partial charge in [0, 0.05) is 11.3 Å². The highest BCUT2D eigenvalue weighted by Gasteiger charge is 2.04. The molecule has 18 heavy (non-hydrogen) atoms. The Balaban J connectivity index is 2.44. The first-order valence-corrected chi connectivity index (χ1v) is 6.04. The number of unbranched alkanes of at least 4 members (excludes halogenated alkanes) is 1. The van der Waals surface area contributed by atoms with Gasteiger partial charge >= 0.3 is 0 Å². The average molecular weight is 249 g/mol. The van der Waals surface area contributed by atoms with Crippen molar-refractivity contribution in [3.05, 3.63) is 29.8 Å². The third-order valence-corrected chi connectivity index (χ3v) is 2.42. The number of hydrogen-bond donors (Lipinski definition) is 3. The second-order valence-corrected chi connectivity index (χ2v) is 4.02. The minimum absolute atomic E-state index is 0.132. The molecule has 5 heteroatoms. The Morgan fingerprint density at radius 1 is 1.33 bits per heavy atom. The molecule has 0 saturated heterocycles. The van der Waals surface area contributed by atoms with Crippen LogP contribution in [0.15, 0.2) is 24.3 Å². The first-order chi connectivity index (χ1) is 8.63. The second-order valence-electron chi connectivity index (χ2n) is 4.02. The molecule has 0 saturated carbocycles. The van der Waals surface area contributed by atoms with Crippen molar-refractivity contribution in [2.24, 2.45) is 5.73 Å². The lowest BCUT2D eigenvalue weighted by atomic mass is 10.2.